The minimum absolute atomic E-state index is 0.0637. The standard InChI is InChI=1S/C22H28N4O5S/c1-25(2)32(29,30)18-9-10-20(26-12-3-4-13-26)19(15-18)22(28)24-16-5-7-17(8-6-16)31-14-11-21(23)27/h5-10,15H,3-4,11-14H2,1-2H3,(H2,23,27)(H,24,28). The van der Waals surface area contributed by atoms with Crippen LogP contribution in [0.1, 0.15) is 29.6 Å². The first-order valence-corrected chi connectivity index (χ1v) is 11.8. The van der Waals surface area contributed by atoms with Crippen LogP contribution < -0.4 is 20.7 Å². The summed E-state index contributed by atoms with van der Waals surface area (Å²) in [7, 11) is -0.772. The van der Waals surface area contributed by atoms with Crippen LogP contribution in [-0.4, -0.2) is 58.3 Å². The zero-order chi connectivity index (χ0) is 23.3. The number of carbonyl (C=O) groups is 2. The number of carbonyl (C=O) groups excluding carboxylic acids is 2. The molecule has 3 rings (SSSR count). The average molecular weight is 461 g/mol. The van der Waals surface area contributed by atoms with Gasteiger partial charge in [0.25, 0.3) is 5.91 Å². The highest BCUT2D eigenvalue weighted by atomic mass is 32.2. The Balaban J connectivity index is 1.83. The number of rotatable bonds is 9. The average Bonchev–Trinajstić information content (AvgIpc) is 3.29. The number of primary amides is 1. The Morgan fingerprint density at radius 3 is 2.34 bits per heavy atom. The van der Waals surface area contributed by atoms with Crippen molar-refractivity contribution >= 4 is 33.2 Å². The van der Waals surface area contributed by atoms with Gasteiger partial charge in [-0.1, -0.05) is 0 Å². The number of amides is 2. The van der Waals surface area contributed by atoms with E-state index in [-0.39, 0.29) is 17.9 Å². The lowest BCUT2D eigenvalue weighted by Gasteiger charge is -2.22. The summed E-state index contributed by atoms with van der Waals surface area (Å²) >= 11 is 0. The first kappa shape index (κ1) is 23.6. The lowest BCUT2D eigenvalue weighted by molar-refractivity contribution is -0.118. The molecule has 3 N–H and O–H groups in total. The Hall–Kier alpha value is -3.11. The Kier molecular flexibility index (Phi) is 7.37. The molecule has 0 radical (unpaired) electrons. The number of nitrogens with one attached hydrogen (secondary N) is 1. The SMILES string of the molecule is CN(C)S(=O)(=O)c1ccc(N2CCCC2)c(C(=O)Nc2ccc(OCCC(N)=O)cc2)c1. The van der Waals surface area contributed by atoms with E-state index in [1.807, 2.05) is 0 Å². The molecule has 0 aromatic heterocycles. The van der Waals surface area contributed by atoms with Gasteiger partial charge in [-0.3, -0.25) is 9.59 Å². The highest BCUT2D eigenvalue weighted by Crippen LogP contribution is 2.29. The van der Waals surface area contributed by atoms with Crippen molar-refractivity contribution in [3.63, 3.8) is 0 Å². The molecule has 1 heterocycles. The third-order valence-electron chi connectivity index (χ3n) is 5.17. The van der Waals surface area contributed by atoms with E-state index in [0.717, 1.165) is 30.2 Å². The van der Waals surface area contributed by atoms with Gasteiger partial charge in [-0.15, -0.1) is 0 Å². The van der Waals surface area contributed by atoms with Crippen molar-refractivity contribution in [2.75, 3.05) is 44.0 Å². The van der Waals surface area contributed by atoms with Crippen LogP contribution in [0.3, 0.4) is 0 Å². The topological polar surface area (TPSA) is 122 Å². The monoisotopic (exact) mass is 460 g/mol. The number of benzene rings is 2. The molecule has 2 aromatic carbocycles. The largest absolute Gasteiger partial charge is 0.493 e. The van der Waals surface area contributed by atoms with Crippen molar-refractivity contribution in [2.45, 2.75) is 24.2 Å². The fourth-order valence-electron chi connectivity index (χ4n) is 3.40. The number of nitrogens with zero attached hydrogens (tertiary/aromatic N) is 2. The molecule has 1 aliphatic rings. The molecule has 172 valence electrons. The van der Waals surface area contributed by atoms with Crippen LogP contribution in [0.2, 0.25) is 0 Å². The van der Waals surface area contributed by atoms with Gasteiger partial charge in [0.1, 0.15) is 5.75 Å². The molecular formula is C22H28N4O5S. The summed E-state index contributed by atoms with van der Waals surface area (Å²) in [6, 6.07) is 11.4. The van der Waals surface area contributed by atoms with Gasteiger partial charge >= 0.3 is 0 Å². The van der Waals surface area contributed by atoms with E-state index in [1.54, 1.807) is 30.3 Å². The van der Waals surface area contributed by atoms with Crippen molar-refractivity contribution in [1.29, 1.82) is 0 Å². The molecule has 0 unspecified atom stereocenters. The van der Waals surface area contributed by atoms with Crippen LogP contribution in [0, 0.1) is 0 Å². The molecule has 0 spiro atoms. The maximum absolute atomic E-state index is 13.1. The molecule has 0 saturated carbocycles. The van der Waals surface area contributed by atoms with Crippen molar-refractivity contribution < 1.29 is 22.7 Å². The highest BCUT2D eigenvalue weighted by molar-refractivity contribution is 7.89. The summed E-state index contributed by atoms with van der Waals surface area (Å²) in [5.41, 5.74) is 6.64. The van der Waals surface area contributed by atoms with Crippen molar-refractivity contribution in [1.82, 2.24) is 4.31 Å². The summed E-state index contributed by atoms with van der Waals surface area (Å²) < 4.78 is 31.8. The summed E-state index contributed by atoms with van der Waals surface area (Å²) in [5, 5.41) is 2.83. The smallest absolute Gasteiger partial charge is 0.257 e. The molecule has 32 heavy (non-hydrogen) atoms. The Labute approximate surface area is 188 Å². The van der Waals surface area contributed by atoms with Gasteiger partial charge in [-0.05, 0) is 55.3 Å². The number of hydrogen-bond acceptors (Lipinski definition) is 6. The van der Waals surface area contributed by atoms with Crippen molar-refractivity contribution in [3.05, 3.63) is 48.0 Å². The van der Waals surface area contributed by atoms with Gasteiger partial charge < -0.3 is 20.7 Å². The fourth-order valence-corrected chi connectivity index (χ4v) is 4.33. The molecular weight excluding hydrogens is 432 g/mol. The molecule has 0 bridgehead atoms. The summed E-state index contributed by atoms with van der Waals surface area (Å²) in [4.78, 5) is 26.1. The van der Waals surface area contributed by atoms with E-state index in [1.165, 1.54) is 26.2 Å². The molecule has 1 fully saturated rings. The van der Waals surface area contributed by atoms with E-state index in [9.17, 15) is 18.0 Å². The summed E-state index contributed by atoms with van der Waals surface area (Å²) in [6.07, 6.45) is 2.16. The van der Waals surface area contributed by atoms with Crippen LogP contribution in [0.15, 0.2) is 47.4 Å². The minimum atomic E-state index is -3.68. The second kappa shape index (κ2) is 10.0. The van der Waals surface area contributed by atoms with Gasteiger partial charge in [0.05, 0.1) is 23.5 Å². The number of anilines is 2. The van der Waals surface area contributed by atoms with Gasteiger partial charge in [0.15, 0.2) is 0 Å². The minimum Gasteiger partial charge on any atom is -0.493 e. The number of sulfonamides is 1. The second-order valence-corrected chi connectivity index (χ2v) is 9.86. The second-order valence-electron chi connectivity index (χ2n) is 7.70. The maximum Gasteiger partial charge on any atom is 0.257 e. The molecule has 1 saturated heterocycles. The van der Waals surface area contributed by atoms with Crippen LogP contribution in [0.25, 0.3) is 0 Å². The molecule has 1 aliphatic heterocycles. The predicted octanol–water partition coefficient (Wildman–Crippen LogP) is 2.04. The molecule has 2 amide bonds. The normalized spacial score (nSPS) is 13.9. The maximum atomic E-state index is 13.1. The highest BCUT2D eigenvalue weighted by Gasteiger charge is 2.24. The molecule has 0 atom stereocenters. The molecule has 0 aliphatic carbocycles. The zero-order valence-electron chi connectivity index (χ0n) is 18.2. The van der Waals surface area contributed by atoms with Crippen LogP contribution in [0.4, 0.5) is 11.4 Å². The van der Waals surface area contributed by atoms with Crippen molar-refractivity contribution in [2.24, 2.45) is 5.73 Å². The van der Waals surface area contributed by atoms with Gasteiger partial charge in [0.2, 0.25) is 15.9 Å². The summed E-state index contributed by atoms with van der Waals surface area (Å²) in [6.45, 7) is 1.81. The van der Waals surface area contributed by atoms with Gasteiger partial charge in [-0.25, -0.2) is 12.7 Å². The van der Waals surface area contributed by atoms with Crippen LogP contribution >= 0.6 is 0 Å². The Morgan fingerprint density at radius 2 is 1.75 bits per heavy atom. The van der Waals surface area contributed by atoms with Gasteiger partial charge in [-0.2, -0.15) is 0 Å². The third kappa shape index (κ3) is 5.57. The van der Waals surface area contributed by atoms with E-state index < -0.39 is 21.8 Å². The Bertz CT molecular complexity index is 1080. The summed E-state index contributed by atoms with van der Waals surface area (Å²) in [5.74, 6) is -0.299. The first-order valence-electron chi connectivity index (χ1n) is 10.3. The predicted molar refractivity (Wildman–Crippen MR) is 122 cm³/mol. The van der Waals surface area contributed by atoms with E-state index in [4.69, 9.17) is 10.5 Å². The van der Waals surface area contributed by atoms with E-state index in [0.29, 0.717) is 22.7 Å². The van der Waals surface area contributed by atoms with E-state index in [2.05, 4.69) is 10.2 Å². The lowest BCUT2D eigenvalue weighted by atomic mass is 10.1. The zero-order valence-corrected chi connectivity index (χ0v) is 19.0. The molecule has 2 aromatic rings. The Morgan fingerprint density at radius 1 is 1.09 bits per heavy atom. The number of ether oxygens (including phenoxy) is 1. The van der Waals surface area contributed by atoms with Crippen LogP contribution in [0.5, 0.6) is 5.75 Å². The molecule has 9 nitrogen and oxygen atoms in total. The molecule has 10 heteroatoms. The fraction of sp³-hybridized carbons (Fsp3) is 0.364. The van der Waals surface area contributed by atoms with Gasteiger partial charge in [0, 0.05) is 38.6 Å². The lowest BCUT2D eigenvalue weighted by Crippen LogP contribution is -2.25. The number of hydrogen-bond donors (Lipinski definition) is 2. The third-order valence-corrected chi connectivity index (χ3v) is 6.98. The quantitative estimate of drug-likeness (QED) is 0.591. The number of nitrogens with two attached hydrogens (primary N) is 1. The van der Waals surface area contributed by atoms with E-state index >= 15 is 0 Å². The van der Waals surface area contributed by atoms with Crippen LogP contribution in [-0.2, 0) is 14.8 Å². The first-order chi connectivity index (χ1) is 15.2. The van der Waals surface area contributed by atoms with Crippen molar-refractivity contribution in [3.8, 4) is 5.75 Å².